The molecule has 0 radical (unpaired) electrons. The van der Waals surface area contributed by atoms with Gasteiger partial charge in [0.05, 0.1) is 11.4 Å². The standard InChI is InChI=1S/C14H26N4/c1-4-13-8-14(18(3)16-13)10-15-9-12-6-5-7-17(2)11-12/h8,12,15H,4-7,9-11H2,1-3H3. The minimum Gasteiger partial charge on any atom is -0.311 e. The van der Waals surface area contributed by atoms with Crippen molar-refractivity contribution in [2.24, 2.45) is 13.0 Å². The van der Waals surface area contributed by atoms with Crippen LogP contribution in [0.3, 0.4) is 0 Å². The average Bonchev–Trinajstić information content (AvgIpc) is 2.71. The Morgan fingerprint density at radius 3 is 2.94 bits per heavy atom. The van der Waals surface area contributed by atoms with Gasteiger partial charge in [-0.3, -0.25) is 4.68 Å². The van der Waals surface area contributed by atoms with Crippen molar-refractivity contribution in [1.29, 1.82) is 0 Å². The van der Waals surface area contributed by atoms with Crippen LogP contribution in [0.5, 0.6) is 0 Å². The van der Waals surface area contributed by atoms with Crippen LogP contribution in [-0.4, -0.2) is 41.4 Å². The molecule has 1 atom stereocenters. The van der Waals surface area contributed by atoms with Crippen LogP contribution in [0.25, 0.3) is 0 Å². The quantitative estimate of drug-likeness (QED) is 0.858. The van der Waals surface area contributed by atoms with Crippen molar-refractivity contribution >= 4 is 0 Å². The van der Waals surface area contributed by atoms with Gasteiger partial charge < -0.3 is 10.2 Å². The van der Waals surface area contributed by atoms with Gasteiger partial charge >= 0.3 is 0 Å². The Morgan fingerprint density at radius 2 is 2.28 bits per heavy atom. The summed E-state index contributed by atoms with van der Waals surface area (Å²) in [5.74, 6) is 0.808. The molecule has 1 aliphatic heterocycles. The van der Waals surface area contributed by atoms with Gasteiger partial charge in [0, 0.05) is 20.1 Å². The zero-order valence-corrected chi connectivity index (χ0v) is 11.9. The highest BCUT2D eigenvalue weighted by atomic mass is 15.3. The second-order valence-corrected chi connectivity index (χ2v) is 5.51. The summed E-state index contributed by atoms with van der Waals surface area (Å²) in [6.45, 7) is 6.70. The predicted molar refractivity (Wildman–Crippen MR) is 74.5 cm³/mol. The lowest BCUT2D eigenvalue weighted by Gasteiger charge is -2.29. The number of likely N-dealkylation sites (tertiary alicyclic amines) is 1. The molecular formula is C14H26N4. The van der Waals surface area contributed by atoms with E-state index in [2.05, 4.69) is 35.4 Å². The van der Waals surface area contributed by atoms with E-state index in [1.165, 1.54) is 37.3 Å². The van der Waals surface area contributed by atoms with E-state index in [4.69, 9.17) is 0 Å². The van der Waals surface area contributed by atoms with E-state index in [-0.39, 0.29) is 0 Å². The molecule has 1 N–H and O–H groups in total. The van der Waals surface area contributed by atoms with Crippen LogP contribution in [-0.2, 0) is 20.0 Å². The van der Waals surface area contributed by atoms with Gasteiger partial charge in [-0.15, -0.1) is 0 Å². The van der Waals surface area contributed by atoms with Crippen LogP contribution in [0, 0.1) is 5.92 Å². The van der Waals surface area contributed by atoms with Gasteiger partial charge in [-0.05, 0) is 51.4 Å². The van der Waals surface area contributed by atoms with Crippen LogP contribution in [0.2, 0.25) is 0 Å². The zero-order chi connectivity index (χ0) is 13.0. The first-order valence-corrected chi connectivity index (χ1v) is 7.10. The van der Waals surface area contributed by atoms with Crippen LogP contribution in [0.1, 0.15) is 31.2 Å². The molecule has 102 valence electrons. The minimum atomic E-state index is 0.808. The zero-order valence-electron chi connectivity index (χ0n) is 11.9. The molecule has 0 aliphatic carbocycles. The Labute approximate surface area is 110 Å². The molecule has 0 aromatic carbocycles. The molecule has 0 spiro atoms. The maximum absolute atomic E-state index is 4.48. The average molecular weight is 250 g/mol. The van der Waals surface area contributed by atoms with Crippen molar-refractivity contribution in [3.63, 3.8) is 0 Å². The van der Waals surface area contributed by atoms with Crippen LogP contribution in [0.15, 0.2) is 6.07 Å². The Bertz CT molecular complexity index is 372. The SMILES string of the molecule is CCc1cc(CNCC2CCCN(C)C2)n(C)n1. The number of hydrogen-bond donors (Lipinski definition) is 1. The first-order chi connectivity index (χ1) is 8.69. The molecule has 18 heavy (non-hydrogen) atoms. The summed E-state index contributed by atoms with van der Waals surface area (Å²) in [5.41, 5.74) is 2.47. The van der Waals surface area contributed by atoms with Crippen LogP contribution in [0.4, 0.5) is 0 Å². The lowest BCUT2D eigenvalue weighted by atomic mass is 9.98. The third-order valence-electron chi connectivity index (χ3n) is 3.85. The summed E-state index contributed by atoms with van der Waals surface area (Å²) in [4.78, 5) is 2.44. The van der Waals surface area contributed by atoms with Gasteiger partial charge in [0.15, 0.2) is 0 Å². The molecule has 0 amide bonds. The normalized spacial score (nSPS) is 21.4. The number of aryl methyl sites for hydroxylation is 2. The third-order valence-corrected chi connectivity index (χ3v) is 3.85. The van der Waals surface area contributed by atoms with Crippen molar-refractivity contribution in [3.8, 4) is 0 Å². The molecule has 1 saturated heterocycles. The van der Waals surface area contributed by atoms with Crippen molar-refractivity contribution in [2.75, 3.05) is 26.7 Å². The van der Waals surface area contributed by atoms with E-state index in [0.717, 1.165) is 25.4 Å². The largest absolute Gasteiger partial charge is 0.311 e. The summed E-state index contributed by atoms with van der Waals surface area (Å²) in [7, 11) is 4.26. The van der Waals surface area contributed by atoms with Gasteiger partial charge in [-0.1, -0.05) is 6.92 Å². The second kappa shape index (κ2) is 6.34. The van der Waals surface area contributed by atoms with E-state index in [1.807, 2.05) is 11.7 Å². The molecular weight excluding hydrogens is 224 g/mol. The molecule has 1 aromatic heterocycles. The van der Waals surface area contributed by atoms with E-state index in [9.17, 15) is 0 Å². The van der Waals surface area contributed by atoms with E-state index in [1.54, 1.807) is 0 Å². The Kier molecular flexibility index (Phi) is 4.78. The topological polar surface area (TPSA) is 33.1 Å². The van der Waals surface area contributed by atoms with E-state index >= 15 is 0 Å². The Morgan fingerprint density at radius 1 is 1.44 bits per heavy atom. The van der Waals surface area contributed by atoms with E-state index in [0.29, 0.717) is 0 Å². The van der Waals surface area contributed by atoms with Gasteiger partial charge in [-0.2, -0.15) is 5.10 Å². The number of piperidine rings is 1. The molecule has 1 unspecified atom stereocenters. The highest BCUT2D eigenvalue weighted by molar-refractivity contribution is 5.09. The van der Waals surface area contributed by atoms with Crippen molar-refractivity contribution in [1.82, 2.24) is 20.0 Å². The summed E-state index contributed by atoms with van der Waals surface area (Å²) in [6.07, 6.45) is 3.72. The smallest absolute Gasteiger partial charge is 0.0625 e. The molecule has 0 saturated carbocycles. The number of hydrogen-bond acceptors (Lipinski definition) is 3. The molecule has 1 aliphatic rings. The van der Waals surface area contributed by atoms with Gasteiger partial charge in [-0.25, -0.2) is 0 Å². The predicted octanol–water partition coefficient (Wildman–Crippen LogP) is 1.41. The lowest BCUT2D eigenvalue weighted by molar-refractivity contribution is 0.206. The fraction of sp³-hybridized carbons (Fsp3) is 0.786. The summed E-state index contributed by atoms with van der Waals surface area (Å²) in [5, 5.41) is 8.06. The maximum atomic E-state index is 4.48. The Balaban J connectivity index is 1.75. The summed E-state index contributed by atoms with van der Waals surface area (Å²) < 4.78 is 2.00. The number of rotatable bonds is 5. The van der Waals surface area contributed by atoms with Gasteiger partial charge in [0.25, 0.3) is 0 Å². The molecule has 1 fully saturated rings. The van der Waals surface area contributed by atoms with Gasteiger partial charge in [0.2, 0.25) is 0 Å². The maximum Gasteiger partial charge on any atom is 0.0625 e. The minimum absolute atomic E-state index is 0.808. The highest BCUT2D eigenvalue weighted by Gasteiger charge is 2.16. The lowest BCUT2D eigenvalue weighted by Crippen LogP contribution is -2.37. The number of nitrogens with one attached hydrogen (secondary N) is 1. The first kappa shape index (κ1) is 13.6. The van der Waals surface area contributed by atoms with Crippen molar-refractivity contribution in [3.05, 3.63) is 17.5 Å². The van der Waals surface area contributed by atoms with Crippen LogP contribution < -0.4 is 5.32 Å². The molecule has 1 aromatic rings. The fourth-order valence-electron chi connectivity index (χ4n) is 2.75. The molecule has 2 heterocycles. The number of nitrogens with zero attached hydrogens (tertiary/aromatic N) is 3. The monoisotopic (exact) mass is 250 g/mol. The second-order valence-electron chi connectivity index (χ2n) is 5.51. The molecule has 0 bridgehead atoms. The van der Waals surface area contributed by atoms with Crippen molar-refractivity contribution < 1.29 is 0 Å². The van der Waals surface area contributed by atoms with Crippen LogP contribution >= 0.6 is 0 Å². The van der Waals surface area contributed by atoms with E-state index < -0.39 is 0 Å². The first-order valence-electron chi connectivity index (χ1n) is 7.10. The third kappa shape index (κ3) is 3.56. The molecule has 2 rings (SSSR count). The summed E-state index contributed by atoms with van der Waals surface area (Å²) in [6, 6.07) is 2.21. The van der Waals surface area contributed by atoms with Crippen molar-refractivity contribution in [2.45, 2.75) is 32.7 Å². The highest BCUT2D eigenvalue weighted by Crippen LogP contribution is 2.14. The molecule has 4 nitrogen and oxygen atoms in total. The fourth-order valence-corrected chi connectivity index (χ4v) is 2.75. The Hall–Kier alpha value is -0.870. The molecule has 4 heteroatoms. The number of aromatic nitrogens is 2. The van der Waals surface area contributed by atoms with Gasteiger partial charge in [0.1, 0.15) is 0 Å². The summed E-state index contributed by atoms with van der Waals surface area (Å²) >= 11 is 0.